The van der Waals surface area contributed by atoms with Gasteiger partial charge in [-0.15, -0.1) is 0 Å². The Kier molecular flexibility index (Phi) is 8.78. The average Bonchev–Trinajstić information content (AvgIpc) is 2.89. The van der Waals surface area contributed by atoms with E-state index in [4.69, 9.17) is 27.9 Å². The third-order valence-electron chi connectivity index (χ3n) is 6.56. The number of hydrogen-bond acceptors (Lipinski definition) is 5. The standard InChI is InChI=1S/C28H27Cl2NO6S/c1-18(14-15-38(35,36)23-8-3-2-4-9-23)31-26(19-10-12-21(29)13-11-19)27(20-6-5-7-22(30)16-20)37-24(28(31)34)17-25(32)33/h2-13,16,18,24,26-27H,14-15,17H2,1H3,(H,32,33)/t18-,24+,26+,27+/m0/s1. The van der Waals surface area contributed by atoms with E-state index in [9.17, 15) is 23.1 Å². The third-order valence-corrected chi connectivity index (χ3v) is 8.81. The van der Waals surface area contributed by atoms with E-state index in [1.165, 1.54) is 12.1 Å². The van der Waals surface area contributed by atoms with Crippen molar-refractivity contribution in [1.82, 2.24) is 4.90 Å². The molecule has 3 aromatic rings. The molecule has 0 saturated carbocycles. The fourth-order valence-corrected chi connectivity index (χ4v) is 6.48. The first-order chi connectivity index (χ1) is 18.1. The van der Waals surface area contributed by atoms with Crippen LogP contribution < -0.4 is 0 Å². The first-order valence-corrected chi connectivity index (χ1v) is 14.5. The Morgan fingerprint density at radius 3 is 2.29 bits per heavy atom. The van der Waals surface area contributed by atoms with Gasteiger partial charge in [-0.05, 0) is 60.9 Å². The van der Waals surface area contributed by atoms with E-state index >= 15 is 0 Å². The lowest BCUT2D eigenvalue weighted by Crippen LogP contribution is -2.54. The van der Waals surface area contributed by atoms with Gasteiger partial charge in [-0.2, -0.15) is 0 Å². The van der Waals surface area contributed by atoms with Gasteiger partial charge in [0.15, 0.2) is 9.84 Å². The number of carbonyl (C=O) groups excluding carboxylic acids is 1. The zero-order chi connectivity index (χ0) is 27.4. The van der Waals surface area contributed by atoms with Gasteiger partial charge < -0.3 is 14.7 Å². The molecule has 7 nitrogen and oxygen atoms in total. The van der Waals surface area contributed by atoms with Gasteiger partial charge in [0.1, 0.15) is 12.2 Å². The summed E-state index contributed by atoms with van der Waals surface area (Å²) in [5.74, 6) is -1.89. The summed E-state index contributed by atoms with van der Waals surface area (Å²) in [5.41, 5.74) is 1.37. The fraction of sp³-hybridized carbons (Fsp3) is 0.286. The molecule has 1 amide bonds. The SMILES string of the molecule is C[C@@H](CCS(=O)(=O)c1ccccc1)N1C(=O)[C@@H](CC(=O)O)O[C@H](c2cccc(Cl)c2)[C@H]1c1ccc(Cl)cc1. The van der Waals surface area contributed by atoms with Crippen LogP contribution in [0.5, 0.6) is 0 Å². The van der Waals surface area contributed by atoms with Crippen LogP contribution in [0.1, 0.15) is 43.0 Å². The molecular weight excluding hydrogens is 549 g/mol. The normalized spacial score (nSPS) is 20.8. The highest BCUT2D eigenvalue weighted by Gasteiger charge is 2.46. The molecule has 1 aliphatic heterocycles. The van der Waals surface area contributed by atoms with Gasteiger partial charge in [0.2, 0.25) is 0 Å². The van der Waals surface area contributed by atoms with Crippen molar-refractivity contribution in [3.8, 4) is 0 Å². The molecule has 4 atom stereocenters. The molecule has 0 unspecified atom stereocenters. The number of carboxylic acids is 1. The van der Waals surface area contributed by atoms with E-state index < -0.39 is 52.4 Å². The van der Waals surface area contributed by atoms with Gasteiger partial charge in [-0.1, -0.05) is 65.7 Å². The van der Waals surface area contributed by atoms with Crippen molar-refractivity contribution in [3.63, 3.8) is 0 Å². The van der Waals surface area contributed by atoms with Crippen LogP contribution in [0.3, 0.4) is 0 Å². The molecule has 0 aromatic heterocycles. The number of carbonyl (C=O) groups is 2. The fourth-order valence-electron chi connectivity index (χ4n) is 4.69. The lowest BCUT2D eigenvalue weighted by molar-refractivity contribution is -0.182. The molecule has 3 aromatic carbocycles. The summed E-state index contributed by atoms with van der Waals surface area (Å²) in [6.45, 7) is 1.76. The van der Waals surface area contributed by atoms with Crippen LogP contribution in [-0.2, 0) is 24.2 Å². The summed E-state index contributed by atoms with van der Waals surface area (Å²) < 4.78 is 32.1. The molecule has 38 heavy (non-hydrogen) atoms. The molecule has 1 N–H and O–H groups in total. The number of sulfone groups is 1. The van der Waals surface area contributed by atoms with Crippen molar-refractivity contribution >= 4 is 44.9 Å². The molecular formula is C28H27Cl2NO6S. The molecule has 4 rings (SSSR count). The number of benzene rings is 3. The molecule has 1 aliphatic rings. The minimum absolute atomic E-state index is 0.134. The number of carboxylic acid groups (broad SMARTS) is 1. The Balaban J connectivity index is 1.75. The highest BCUT2D eigenvalue weighted by Crippen LogP contribution is 2.44. The predicted molar refractivity (Wildman–Crippen MR) is 145 cm³/mol. The van der Waals surface area contributed by atoms with Gasteiger partial charge >= 0.3 is 5.97 Å². The summed E-state index contributed by atoms with van der Waals surface area (Å²) in [6, 6.07) is 20.8. The molecule has 1 fully saturated rings. The highest BCUT2D eigenvalue weighted by atomic mass is 35.5. The van der Waals surface area contributed by atoms with E-state index in [0.29, 0.717) is 21.2 Å². The second-order valence-corrected chi connectivity index (χ2v) is 12.2. The highest BCUT2D eigenvalue weighted by molar-refractivity contribution is 7.91. The molecule has 0 spiro atoms. The Bertz CT molecular complexity index is 1400. The van der Waals surface area contributed by atoms with Crippen LogP contribution in [0.4, 0.5) is 0 Å². The maximum Gasteiger partial charge on any atom is 0.306 e. The summed E-state index contributed by atoms with van der Waals surface area (Å²) in [6.07, 6.45) is -2.41. The van der Waals surface area contributed by atoms with Crippen molar-refractivity contribution in [3.05, 3.63) is 100 Å². The smallest absolute Gasteiger partial charge is 0.306 e. The molecule has 0 radical (unpaired) electrons. The number of hydrogen-bond donors (Lipinski definition) is 1. The second-order valence-electron chi connectivity index (χ2n) is 9.21. The number of ether oxygens (including phenoxy) is 1. The summed E-state index contributed by atoms with van der Waals surface area (Å²) >= 11 is 12.4. The van der Waals surface area contributed by atoms with E-state index in [-0.39, 0.29) is 17.1 Å². The zero-order valence-electron chi connectivity index (χ0n) is 20.5. The third kappa shape index (κ3) is 6.38. The van der Waals surface area contributed by atoms with E-state index in [1.54, 1.807) is 78.6 Å². The minimum atomic E-state index is -3.60. The van der Waals surface area contributed by atoms with Gasteiger partial charge in [0.05, 0.1) is 23.1 Å². The largest absolute Gasteiger partial charge is 0.481 e. The number of morpholine rings is 1. The van der Waals surface area contributed by atoms with Gasteiger partial charge in [-0.25, -0.2) is 8.42 Å². The predicted octanol–water partition coefficient (Wildman–Crippen LogP) is 5.73. The Labute approximate surface area is 231 Å². The van der Waals surface area contributed by atoms with Crippen molar-refractivity contribution in [2.75, 3.05) is 5.75 Å². The number of halogens is 2. The van der Waals surface area contributed by atoms with Crippen LogP contribution in [0.2, 0.25) is 10.0 Å². The number of aliphatic carboxylic acids is 1. The van der Waals surface area contributed by atoms with Gasteiger partial charge in [0.25, 0.3) is 5.91 Å². The topological polar surface area (TPSA) is 101 Å². The molecule has 200 valence electrons. The summed E-state index contributed by atoms with van der Waals surface area (Å²) in [7, 11) is -3.60. The lowest BCUT2D eigenvalue weighted by Gasteiger charge is -2.47. The average molecular weight is 576 g/mol. The van der Waals surface area contributed by atoms with Crippen LogP contribution in [0.15, 0.2) is 83.8 Å². The van der Waals surface area contributed by atoms with Crippen LogP contribution in [0.25, 0.3) is 0 Å². The molecule has 1 heterocycles. The molecule has 0 aliphatic carbocycles. The van der Waals surface area contributed by atoms with Crippen molar-refractivity contribution in [1.29, 1.82) is 0 Å². The number of rotatable bonds is 9. The van der Waals surface area contributed by atoms with E-state index in [1.807, 2.05) is 0 Å². The van der Waals surface area contributed by atoms with E-state index in [0.717, 1.165) is 0 Å². The summed E-state index contributed by atoms with van der Waals surface area (Å²) in [5, 5.41) is 10.5. The van der Waals surface area contributed by atoms with Gasteiger partial charge in [0, 0.05) is 16.1 Å². The number of nitrogens with zero attached hydrogens (tertiary/aromatic N) is 1. The zero-order valence-corrected chi connectivity index (χ0v) is 22.9. The summed E-state index contributed by atoms with van der Waals surface area (Å²) in [4.78, 5) is 27.1. The Morgan fingerprint density at radius 2 is 1.66 bits per heavy atom. The second kappa shape index (κ2) is 11.9. The minimum Gasteiger partial charge on any atom is -0.481 e. The maximum atomic E-state index is 13.7. The Morgan fingerprint density at radius 1 is 0.974 bits per heavy atom. The lowest BCUT2D eigenvalue weighted by atomic mass is 9.89. The first kappa shape index (κ1) is 28.1. The van der Waals surface area contributed by atoms with Crippen molar-refractivity contribution in [2.24, 2.45) is 0 Å². The van der Waals surface area contributed by atoms with Crippen molar-refractivity contribution in [2.45, 2.75) is 49.0 Å². The van der Waals surface area contributed by atoms with Gasteiger partial charge in [-0.3, -0.25) is 9.59 Å². The monoisotopic (exact) mass is 575 g/mol. The van der Waals surface area contributed by atoms with Crippen LogP contribution >= 0.6 is 23.2 Å². The molecule has 10 heteroatoms. The molecule has 0 bridgehead atoms. The van der Waals surface area contributed by atoms with Crippen LogP contribution in [0, 0.1) is 0 Å². The number of amides is 1. The Hall–Kier alpha value is -2.91. The van der Waals surface area contributed by atoms with Crippen LogP contribution in [-0.4, -0.2) is 48.2 Å². The molecule has 1 saturated heterocycles. The van der Waals surface area contributed by atoms with Crippen molar-refractivity contribution < 1.29 is 27.9 Å². The quantitative estimate of drug-likeness (QED) is 0.349. The first-order valence-electron chi connectivity index (χ1n) is 12.0. The van der Waals surface area contributed by atoms with E-state index in [2.05, 4.69) is 0 Å². The maximum absolute atomic E-state index is 13.7.